The summed E-state index contributed by atoms with van der Waals surface area (Å²) in [5, 5.41) is 8.77. The zero-order valence-corrected chi connectivity index (χ0v) is 18.8. The minimum Gasteiger partial charge on any atom is -0.497 e. The second-order valence-electron chi connectivity index (χ2n) is 8.31. The lowest BCUT2D eigenvalue weighted by atomic mass is 9.72. The molecule has 0 aliphatic heterocycles. The summed E-state index contributed by atoms with van der Waals surface area (Å²) in [6, 6.07) is 8.20. The molecule has 0 spiro atoms. The number of hydrogen-bond donors (Lipinski definition) is 1. The van der Waals surface area contributed by atoms with Gasteiger partial charge in [0.15, 0.2) is 0 Å². The van der Waals surface area contributed by atoms with Crippen LogP contribution in [0.2, 0.25) is 0 Å². The van der Waals surface area contributed by atoms with Crippen LogP contribution in [0.25, 0.3) is 5.57 Å². The molecule has 1 aromatic carbocycles. The van der Waals surface area contributed by atoms with Gasteiger partial charge in [-0.1, -0.05) is 68.0 Å². The summed E-state index contributed by atoms with van der Waals surface area (Å²) >= 11 is 0. The Bertz CT molecular complexity index is 979. The average Bonchev–Trinajstić information content (AvgIpc) is 2.67. The lowest BCUT2D eigenvalue weighted by Gasteiger charge is -2.32. The van der Waals surface area contributed by atoms with Crippen molar-refractivity contribution in [3.8, 4) is 5.75 Å². The van der Waals surface area contributed by atoms with Crippen molar-refractivity contribution < 1.29 is 14.6 Å². The SMILES string of the molecule is COc1cccc(C2=CCC(C)(C)C(/C=C/C(C)=C/C=C/C(C)=C\C(=O)O)=C2C)c1. The van der Waals surface area contributed by atoms with Crippen molar-refractivity contribution >= 4 is 11.5 Å². The lowest BCUT2D eigenvalue weighted by Crippen LogP contribution is -2.18. The molecule has 0 heterocycles. The molecule has 0 atom stereocenters. The second kappa shape index (κ2) is 10.1. The molecule has 0 aromatic heterocycles. The van der Waals surface area contributed by atoms with Gasteiger partial charge < -0.3 is 9.84 Å². The predicted octanol–water partition coefficient (Wildman–Crippen LogP) is 6.91. The van der Waals surface area contributed by atoms with Gasteiger partial charge in [-0.3, -0.25) is 0 Å². The minimum atomic E-state index is -0.931. The van der Waals surface area contributed by atoms with Crippen molar-refractivity contribution in [1.29, 1.82) is 0 Å². The molecule has 0 saturated heterocycles. The van der Waals surface area contributed by atoms with E-state index in [1.165, 1.54) is 28.4 Å². The predicted molar refractivity (Wildman–Crippen MR) is 125 cm³/mol. The van der Waals surface area contributed by atoms with E-state index in [1.807, 2.05) is 31.2 Å². The molecule has 1 aliphatic rings. The van der Waals surface area contributed by atoms with Crippen LogP contribution >= 0.6 is 0 Å². The first-order valence-electron chi connectivity index (χ1n) is 10.1. The largest absolute Gasteiger partial charge is 0.497 e. The summed E-state index contributed by atoms with van der Waals surface area (Å²) < 4.78 is 5.40. The number of carboxylic acid groups (broad SMARTS) is 1. The highest BCUT2D eigenvalue weighted by Gasteiger charge is 2.27. The van der Waals surface area contributed by atoms with E-state index in [2.05, 4.69) is 51.1 Å². The number of rotatable bonds is 7. The van der Waals surface area contributed by atoms with Gasteiger partial charge in [0, 0.05) is 6.08 Å². The van der Waals surface area contributed by atoms with E-state index in [1.54, 1.807) is 20.1 Å². The van der Waals surface area contributed by atoms with Crippen molar-refractivity contribution in [2.24, 2.45) is 5.41 Å². The van der Waals surface area contributed by atoms with Crippen molar-refractivity contribution in [2.75, 3.05) is 7.11 Å². The molecule has 0 saturated carbocycles. The number of methoxy groups -OCH3 is 1. The van der Waals surface area contributed by atoms with Crippen molar-refractivity contribution in [1.82, 2.24) is 0 Å². The number of hydrogen-bond acceptors (Lipinski definition) is 2. The van der Waals surface area contributed by atoms with Crippen LogP contribution in [-0.4, -0.2) is 18.2 Å². The third kappa shape index (κ3) is 6.21. The molecular weight excluding hydrogens is 372 g/mol. The zero-order valence-electron chi connectivity index (χ0n) is 18.8. The third-order valence-corrected chi connectivity index (χ3v) is 5.32. The van der Waals surface area contributed by atoms with Gasteiger partial charge in [0.25, 0.3) is 0 Å². The maximum atomic E-state index is 10.7. The summed E-state index contributed by atoms with van der Waals surface area (Å²) in [5.41, 5.74) is 6.88. The van der Waals surface area contributed by atoms with Gasteiger partial charge in [0.05, 0.1) is 7.11 Å². The molecule has 1 N–H and O–H groups in total. The first-order valence-corrected chi connectivity index (χ1v) is 10.1. The van der Waals surface area contributed by atoms with Gasteiger partial charge in [-0.15, -0.1) is 0 Å². The van der Waals surface area contributed by atoms with Gasteiger partial charge in [0.2, 0.25) is 0 Å². The molecule has 30 heavy (non-hydrogen) atoms. The Morgan fingerprint density at radius 3 is 2.57 bits per heavy atom. The van der Waals surface area contributed by atoms with E-state index in [-0.39, 0.29) is 5.41 Å². The maximum Gasteiger partial charge on any atom is 0.328 e. The van der Waals surface area contributed by atoms with Gasteiger partial charge >= 0.3 is 5.97 Å². The van der Waals surface area contributed by atoms with Gasteiger partial charge in [-0.2, -0.15) is 0 Å². The van der Waals surface area contributed by atoms with E-state index in [0.717, 1.165) is 17.7 Å². The van der Waals surface area contributed by atoms with Crippen LogP contribution in [0.5, 0.6) is 5.75 Å². The molecule has 3 heteroatoms. The molecule has 158 valence electrons. The topological polar surface area (TPSA) is 46.5 Å². The van der Waals surface area contributed by atoms with Crippen molar-refractivity contribution in [3.05, 3.63) is 94.7 Å². The van der Waals surface area contributed by atoms with Crippen LogP contribution in [0.3, 0.4) is 0 Å². The fourth-order valence-corrected chi connectivity index (χ4v) is 3.61. The van der Waals surface area contributed by atoms with E-state index in [0.29, 0.717) is 5.57 Å². The van der Waals surface area contributed by atoms with Crippen molar-refractivity contribution in [2.45, 2.75) is 41.0 Å². The Balaban J connectivity index is 2.30. The third-order valence-electron chi connectivity index (χ3n) is 5.32. The van der Waals surface area contributed by atoms with Gasteiger partial charge in [-0.25, -0.2) is 4.79 Å². The Kier molecular flexibility index (Phi) is 7.82. The number of aliphatic carboxylic acids is 1. The van der Waals surface area contributed by atoms with E-state index < -0.39 is 5.97 Å². The van der Waals surface area contributed by atoms with E-state index >= 15 is 0 Å². The highest BCUT2D eigenvalue weighted by molar-refractivity contribution is 5.82. The van der Waals surface area contributed by atoms with Crippen LogP contribution in [0, 0.1) is 5.41 Å². The summed E-state index contributed by atoms with van der Waals surface area (Å²) in [6.07, 6.45) is 14.5. The molecule has 0 amide bonds. The normalized spacial score (nSPS) is 17.6. The Labute approximate surface area is 180 Å². The van der Waals surface area contributed by atoms with Crippen LogP contribution in [0.15, 0.2) is 89.1 Å². The standard InChI is InChI=1S/C27H32O3/c1-19(9-7-10-20(2)17-26(28)29)13-14-25-21(3)24(15-16-27(25,4)5)22-11-8-12-23(18-22)30-6/h7-15,17-18H,16H2,1-6H3,(H,28,29)/b10-7+,14-13+,19-9+,20-17-. The molecule has 3 nitrogen and oxygen atoms in total. The molecule has 1 aliphatic carbocycles. The number of benzene rings is 1. The first-order chi connectivity index (χ1) is 14.1. The number of allylic oxidation sites excluding steroid dienone is 11. The van der Waals surface area contributed by atoms with Crippen molar-refractivity contribution in [3.63, 3.8) is 0 Å². The second-order valence-corrected chi connectivity index (χ2v) is 8.31. The van der Waals surface area contributed by atoms with Crippen LogP contribution in [-0.2, 0) is 4.79 Å². The quantitative estimate of drug-likeness (QED) is 0.396. The summed E-state index contributed by atoms with van der Waals surface area (Å²) in [7, 11) is 1.69. The molecule has 0 radical (unpaired) electrons. The number of carboxylic acids is 1. The number of carbonyl (C=O) groups is 1. The lowest BCUT2D eigenvalue weighted by molar-refractivity contribution is -0.131. The molecule has 0 fully saturated rings. The highest BCUT2D eigenvalue weighted by atomic mass is 16.5. The Morgan fingerprint density at radius 1 is 1.17 bits per heavy atom. The van der Waals surface area contributed by atoms with E-state index in [4.69, 9.17) is 9.84 Å². The van der Waals surface area contributed by atoms with Gasteiger partial charge in [0.1, 0.15) is 5.75 Å². The highest BCUT2D eigenvalue weighted by Crippen LogP contribution is 2.43. The molecule has 0 bridgehead atoms. The molecule has 2 rings (SSSR count). The minimum absolute atomic E-state index is 0.0554. The smallest absolute Gasteiger partial charge is 0.328 e. The fourth-order valence-electron chi connectivity index (χ4n) is 3.61. The maximum absolute atomic E-state index is 10.7. The van der Waals surface area contributed by atoms with Gasteiger partial charge in [-0.05, 0) is 72.6 Å². The fraction of sp³-hybridized carbons (Fsp3) is 0.296. The Morgan fingerprint density at radius 2 is 1.90 bits per heavy atom. The summed E-state index contributed by atoms with van der Waals surface area (Å²) in [6.45, 7) is 10.5. The van der Waals surface area contributed by atoms with Crippen LogP contribution in [0.4, 0.5) is 0 Å². The van der Waals surface area contributed by atoms with Crippen LogP contribution in [0.1, 0.15) is 46.6 Å². The Hall–Kier alpha value is -3.07. The molecule has 1 aromatic rings. The molecule has 0 unspecified atom stereocenters. The molecular formula is C27H32O3. The van der Waals surface area contributed by atoms with Crippen LogP contribution < -0.4 is 4.74 Å². The zero-order chi connectivity index (χ0) is 22.3. The monoisotopic (exact) mass is 404 g/mol. The first kappa shape index (κ1) is 23.2. The van der Waals surface area contributed by atoms with E-state index in [9.17, 15) is 4.79 Å². The summed E-state index contributed by atoms with van der Waals surface area (Å²) in [4.78, 5) is 10.7. The summed E-state index contributed by atoms with van der Waals surface area (Å²) in [5.74, 6) is -0.0690. The average molecular weight is 405 g/mol. The number of ether oxygens (including phenoxy) is 1.